The maximum absolute atomic E-state index is 9.60. The second-order valence-electron chi connectivity index (χ2n) is 3.94. The molecule has 1 N–H and O–H groups in total. The van der Waals surface area contributed by atoms with E-state index in [0.29, 0.717) is 0 Å². The number of nitrogens with zero attached hydrogens (tertiary/aromatic N) is 1. The summed E-state index contributed by atoms with van der Waals surface area (Å²) in [7, 11) is -1.78. The van der Waals surface area contributed by atoms with E-state index in [4.69, 9.17) is 0 Å². The molecule has 74 valence electrons. The van der Waals surface area contributed by atoms with E-state index in [1.807, 2.05) is 13.1 Å². The molecular formula is C9H23NOSi. The first-order valence-electron chi connectivity index (χ1n) is 4.94. The normalized spacial score (nSPS) is 12.5. The first kappa shape index (κ1) is 12.1. The van der Waals surface area contributed by atoms with Crippen molar-refractivity contribution in [1.29, 1.82) is 0 Å². The lowest BCUT2D eigenvalue weighted by Crippen LogP contribution is -2.29. The third-order valence-corrected chi connectivity index (χ3v) is 3.73. The molecule has 0 bridgehead atoms. The molecule has 0 spiro atoms. The molecule has 0 amide bonds. The van der Waals surface area contributed by atoms with Gasteiger partial charge in [-0.15, -0.1) is 0 Å². The first-order valence-corrected chi connectivity index (χ1v) is 8.09. The highest BCUT2D eigenvalue weighted by Crippen LogP contribution is 2.08. The van der Waals surface area contributed by atoms with Crippen molar-refractivity contribution in [3.05, 3.63) is 0 Å². The highest BCUT2D eigenvalue weighted by molar-refractivity contribution is 6.69. The van der Waals surface area contributed by atoms with Gasteiger partial charge in [0.1, 0.15) is 0 Å². The van der Waals surface area contributed by atoms with E-state index in [-0.39, 0.29) is 0 Å². The van der Waals surface area contributed by atoms with Gasteiger partial charge in [-0.05, 0) is 45.2 Å². The summed E-state index contributed by atoms with van der Waals surface area (Å²) in [6.45, 7) is 11.8. The Kier molecular flexibility index (Phi) is 5.79. The molecule has 0 rings (SSSR count). The predicted molar refractivity (Wildman–Crippen MR) is 56.9 cm³/mol. The summed E-state index contributed by atoms with van der Waals surface area (Å²) in [5.41, 5.74) is 0. The van der Waals surface area contributed by atoms with Crippen molar-refractivity contribution in [2.45, 2.75) is 39.4 Å². The molecule has 3 heteroatoms. The fourth-order valence-corrected chi connectivity index (χ4v) is 2.30. The largest absolute Gasteiger partial charge is 0.432 e. The quantitative estimate of drug-likeness (QED) is 0.645. The zero-order valence-corrected chi connectivity index (χ0v) is 9.93. The van der Waals surface area contributed by atoms with Gasteiger partial charge in [0, 0.05) is 0 Å². The minimum absolute atomic E-state index is 1.03. The van der Waals surface area contributed by atoms with Crippen LogP contribution in [0.25, 0.3) is 0 Å². The zero-order chi connectivity index (χ0) is 9.61. The standard InChI is InChI=1S/C9H23NOSi/c1-5-10(6-2)8-7-9-12(3,4)11/h11H,5-9H2,1-4H3. The molecule has 0 aliphatic rings. The van der Waals surface area contributed by atoms with Crippen molar-refractivity contribution in [3.63, 3.8) is 0 Å². The summed E-state index contributed by atoms with van der Waals surface area (Å²) in [6.07, 6.45) is 1.15. The summed E-state index contributed by atoms with van der Waals surface area (Å²) in [5.74, 6) is 0. The van der Waals surface area contributed by atoms with Crippen LogP contribution in [0.2, 0.25) is 19.1 Å². The predicted octanol–water partition coefficient (Wildman–Crippen LogP) is 1.92. The van der Waals surface area contributed by atoms with Crippen molar-refractivity contribution in [2.24, 2.45) is 0 Å². The molecule has 0 fully saturated rings. The molecule has 0 unspecified atom stereocenters. The zero-order valence-electron chi connectivity index (χ0n) is 8.93. The Hall–Kier alpha value is 0.137. The van der Waals surface area contributed by atoms with Gasteiger partial charge >= 0.3 is 0 Å². The smallest absolute Gasteiger partial charge is 0.182 e. The Morgan fingerprint density at radius 3 is 2.00 bits per heavy atom. The fraction of sp³-hybridized carbons (Fsp3) is 1.00. The van der Waals surface area contributed by atoms with E-state index < -0.39 is 8.32 Å². The SMILES string of the molecule is CCN(CC)CCC[Si](C)(C)O. The van der Waals surface area contributed by atoms with Gasteiger partial charge in [0.25, 0.3) is 0 Å². The van der Waals surface area contributed by atoms with Crippen molar-refractivity contribution in [3.8, 4) is 0 Å². The lowest BCUT2D eigenvalue weighted by molar-refractivity contribution is 0.303. The second-order valence-corrected chi connectivity index (χ2v) is 8.07. The molecule has 0 aromatic carbocycles. The van der Waals surface area contributed by atoms with Crippen molar-refractivity contribution >= 4 is 8.32 Å². The minimum Gasteiger partial charge on any atom is -0.432 e. The van der Waals surface area contributed by atoms with Crippen LogP contribution in [0.15, 0.2) is 0 Å². The average Bonchev–Trinajstić information content (AvgIpc) is 1.96. The average molecular weight is 189 g/mol. The van der Waals surface area contributed by atoms with Crippen molar-refractivity contribution < 1.29 is 4.80 Å². The summed E-state index contributed by atoms with van der Waals surface area (Å²) in [4.78, 5) is 12.0. The Balaban J connectivity index is 3.41. The van der Waals surface area contributed by atoms with Crippen LogP contribution in [0, 0.1) is 0 Å². The summed E-state index contributed by atoms with van der Waals surface area (Å²) >= 11 is 0. The summed E-state index contributed by atoms with van der Waals surface area (Å²) < 4.78 is 0. The molecule has 0 aliphatic heterocycles. The fourth-order valence-electron chi connectivity index (χ4n) is 1.28. The third kappa shape index (κ3) is 6.82. The second kappa shape index (κ2) is 5.73. The van der Waals surface area contributed by atoms with Gasteiger partial charge in [-0.2, -0.15) is 0 Å². The third-order valence-electron chi connectivity index (χ3n) is 2.16. The molecule has 0 atom stereocenters. The molecule has 0 radical (unpaired) electrons. The molecule has 2 nitrogen and oxygen atoms in total. The topological polar surface area (TPSA) is 23.5 Å². The molecule has 12 heavy (non-hydrogen) atoms. The Morgan fingerprint density at radius 1 is 1.17 bits per heavy atom. The van der Waals surface area contributed by atoms with E-state index >= 15 is 0 Å². The Labute approximate surface area is 77.7 Å². The van der Waals surface area contributed by atoms with E-state index in [1.54, 1.807) is 0 Å². The monoisotopic (exact) mass is 189 g/mol. The molecule has 0 aromatic rings. The van der Waals surface area contributed by atoms with Crippen molar-refractivity contribution in [1.82, 2.24) is 4.90 Å². The number of rotatable bonds is 6. The van der Waals surface area contributed by atoms with Gasteiger partial charge in [-0.3, -0.25) is 0 Å². The highest BCUT2D eigenvalue weighted by Gasteiger charge is 2.15. The maximum atomic E-state index is 9.60. The summed E-state index contributed by atoms with van der Waals surface area (Å²) in [5, 5.41) is 0. The molecule has 0 saturated heterocycles. The van der Waals surface area contributed by atoms with Crippen LogP contribution in [0.3, 0.4) is 0 Å². The lowest BCUT2D eigenvalue weighted by atomic mass is 10.4. The minimum atomic E-state index is -1.78. The van der Waals surface area contributed by atoms with Gasteiger partial charge in [-0.25, -0.2) is 0 Å². The van der Waals surface area contributed by atoms with E-state index in [0.717, 1.165) is 32.1 Å². The maximum Gasteiger partial charge on any atom is 0.182 e. The molecular weight excluding hydrogens is 166 g/mol. The van der Waals surface area contributed by atoms with Gasteiger partial charge in [-0.1, -0.05) is 13.8 Å². The van der Waals surface area contributed by atoms with E-state index in [9.17, 15) is 4.80 Å². The number of hydrogen-bond donors (Lipinski definition) is 1. The molecule has 0 aliphatic carbocycles. The van der Waals surface area contributed by atoms with Gasteiger partial charge in [0.15, 0.2) is 8.32 Å². The molecule has 0 aromatic heterocycles. The summed E-state index contributed by atoms with van der Waals surface area (Å²) in [6, 6.07) is 1.03. The van der Waals surface area contributed by atoms with Crippen LogP contribution >= 0.6 is 0 Å². The van der Waals surface area contributed by atoms with Crippen LogP contribution in [-0.2, 0) is 0 Å². The van der Waals surface area contributed by atoms with Gasteiger partial charge < -0.3 is 9.70 Å². The molecule has 0 saturated carbocycles. The first-order chi connectivity index (χ1) is 5.49. The van der Waals surface area contributed by atoms with Crippen LogP contribution < -0.4 is 0 Å². The van der Waals surface area contributed by atoms with E-state index in [1.165, 1.54) is 0 Å². The van der Waals surface area contributed by atoms with Gasteiger partial charge in [0.05, 0.1) is 0 Å². The van der Waals surface area contributed by atoms with Crippen LogP contribution in [0.1, 0.15) is 20.3 Å². The van der Waals surface area contributed by atoms with Crippen molar-refractivity contribution in [2.75, 3.05) is 19.6 Å². The Morgan fingerprint density at radius 2 is 1.67 bits per heavy atom. The molecule has 0 heterocycles. The number of hydrogen-bond acceptors (Lipinski definition) is 2. The highest BCUT2D eigenvalue weighted by atomic mass is 28.4. The Bertz CT molecular complexity index is 108. The van der Waals surface area contributed by atoms with Gasteiger partial charge in [0.2, 0.25) is 0 Å². The van der Waals surface area contributed by atoms with E-state index in [2.05, 4.69) is 18.7 Å². The lowest BCUT2D eigenvalue weighted by Gasteiger charge is -2.20. The van der Waals surface area contributed by atoms with Crippen LogP contribution in [0.4, 0.5) is 0 Å². The van der Waals surface area contributed by atoms with Crippen LogP contribution in [0.5, 0.6) is 0 Å². The van der Waals surface area contributed by atoms with Crippen LogP contribution in [-0.4, -0.2) is 37.6 Å².